The van der Waals surface area contributed by atoms with Crippen LogP contribution in [-0.2, 0) is 5.41 Å². The largest absolute Gasteiger partial charge is 0.496 e. The molecule has 0 fully saturated rings. The van der Waals surface area contributed by atoms with Crippen molar-refractivity contribution in [1.29, 1.82) is 0 Å². The lowest BCUT2D eigenvalue weighted by molar-refractivity contribution is 0.388. The average Bonchev–Trinajstić information content (AvgIpc) is 2.15. The van der Waals surface area contributed by atoms with Crippen molar-refractivity contribution in [1.82, 2.24) is 0 Å². The monoisotopic (exact) mass is 238 g/mol. The third-order valence-electron chi connectivity index (χ3n) is 3.08. The molecule has 0 unspecified atom stereocenters. The first-order valence-corrected chi connectivity index (χ1v) is 6.32. The first-order chi connectivity index (χ1) is 7.42. The van der Waals surface area contributed by atoms with Gasteiger partial charge < -0.3 is 4.74 Å². The summed E-state index contributed by atoms with van der Waals surface area (Å²) in [6.07, 6.45) is 1.05. The van der Waals surface area contributed by atoms with Crippen molar-refractivity contribution < 1.29 is 4.74 Å². The van der Waals surface area contributed by atoms with E-state index in [-0.39, 0.29) is 5.41 Å². The molecule has 0 saturated heterocycles. The first kappa shape index (κ1) is 13.4. The second kappa shape index (κ2) is 5.13. The van der Waals surface area contributed by atoms with Crippen LogP contribution in [0.5, 0.6) is 5.75 Å². The van der Waals surface area contributed by atoms with Crippen LogP contribution < -0.4 is 4.74 Å². The molecule has 0 atom stereocenters. The van der Waals surface area contributed by atoms with Crippen molar-refractivity contribution in [3.63, 3.8) is 0 Å². The lowest BCUT2D eigenvalue weighted by atomic mass is 9.79. The van der Waals surface area contributed by atoms with Gasteiger partial charge in [0.15, 0.2) is 0 Å². The summed E-state index contributed by atoms with van der Waals surface area (Å²) in [5, 5.41) is 0. The average molecular weight is 238 g/mol. The van der Waals surface area contributed by atoms with E-state index in [1.807, 2.05) is 0 Å². The molecular formula is C14H22OS. The smallest absolute Gasteiger partial charge is 0.123 e. The summed E-state index contributed by atoms with van der Waals surface area (Å²) in [6, 6.07) is 4.33. The van der Waals surface area contributed by atoms with E-state index in [0.717, 1.165) is 17.9 Å². The zero-order valence-electron chi connectivity index (χ0n) is 10.9. The third kappa shape index (κ3) is 2.73. The van der Waals surface area contributed by atoms with Crippen molar-refractivity contribution in [2.45, 2.75) is 39.5 Å². The zero-order valence-corrected chi connectivity index (χ0v) is 11.8. The molecule has 90 valence electrons. The minimum Gasteiger partial charge on any atom is -0.496 e. The Morgan fingerprint density at radius 1 is 1.25 bits per heavy atom. The van der Waals surface area contributed by atoms with Crippen molar-refractivity contribution in [3.8, 4) is 5.75 Å². The van der Waals surface area contributed by atoms with Gasteiger partial charge in [0.25, 0.3) is 0 Å². The van der Waals surface area contributed by atoms with Crippen molar-refractivity contribution in [2.24, 2.45) is 0 Å². The normalized spacial score (nSPS) is 11.6. The number of rotatable bonds is 4. The molecule has 0 aliphatic heterocycles. The van der Waals surface area contributed by atoms with Crippen LogP contribution in [0.25, 0.3) is 0 Å². The van der Waals surface area contributed by atoms with Crippen LogP contribution in [-0.4, -0.2) is 12.9 Å². The number of ether oxygens (including phenoxy) is 1. The Bertz CT molecular complexity index is 369. The van der Waals surface area contributed by atoms with Crippen molar-refractivity contribution in [3.05, 3.63) is 28.8 Å². The number of benzene rings is 1. The number of hydrogen-bond acceptors (Lipinski definition) is 2. The van der Waals surface area contributed by atoms with Gasteiger partial charge in [0.05, 0.1) is 7.11 Å². The lowest BCUT2D eigenvalue weighted by Crippen LogP contribution is -2.20. The predicted molar refractivity (Wildman–Crippen MR) is 74.0 cm³/mol. The molecule has 0 spiro atoms. The van der Waals surface area contributed by atoms with Gasteiger partial charge in [-0.2, -0.15) is 12.6 Å². The maximum Gasteiger partial charge on any atom is 0.123 e. The number of aryl methyl sites for hydroxylation is 2. The van der Waals surface area contributed by atoms with E-state index in [1.165, 1.54) is 16.7 Å². The van der Waals surface area contributed by atoms with Crippen molar-refractivity contribution in [2.75, 3.05) is 12.9 Å². The molecule has 0 bridgehead atoms. The standard InChI is InChI=1S/C14H22OS/c1-10-8-11(2)13(12(9-10)15-5)14(3,4)6-7-16/h8-9,16H,6-7H2,1-5H3. The second-order valence-corrected chi connectivity index (χ2v) is 5.46. The van der Waals surface area contributed by atoms with Crippen molar-refractivity contribution >= 4 is 12.6 Å². The Labute approximate surface area is 105 Å². The Morgan fingerprint density at radius 2 is 1.88 bits per heavy atom. The third-order valence-corrected chi connectivity index (χ3v) is 3.30. The van der Waals surface area contributed by atoms with E-state index in [0.29, 0.717) is 0 Å². The molecule has 0 heterocycles. The highest BCUT2D eigenvalue weighted by atomic mass is 32.1. The fraction of sp³-hybridized carbons (Fsp3) is 0.571. The SMILES string of the molecule is COc1cc(C)cc(C)c1C(C)(C)CCS. The van der Waals surface area contributed by atoms with Crippen LogP contribution in [0.15, 0.2) is 12.1 Å². The highest BCUT2D eigenvalue weighted by Crippen LogP contribution is 2.37. The van der Waals surface area contributed by atoms with Gasteiger partial charge in [-0.15, -0.1) is 0 Å². The summed E-state index contributed by atoms with van der Waals surface area (Å²) in [4.78, 5) is 0. The minimum absolute atomic E-state index is 0.116. The lowest BCUT2D eigenvalue weighted by Gasteiger charge is -2.28. The van der Waals surface area contributed by atoms with Gasteiger partial charge in [0.2, 0.25) is 0 Å². The van der Waals surface area contributed by atoms with E-state index in [2.05, 4.69) is 52.5 Å². The van der Waals surface area contributed by atoms with Crippen LogP contribution >= 0.6 is 12.6 Å². The summed E-state index contributed by atoms with van der Waals surface area (Å²) in [7, 11) is 1.74. The molecule has 1 nitrogen and oxygen atoms in total. The quantitative estimate of drug-likeness (QED) is 0.782. The molecule has 0 amide bonds. The molecule has 0 aliphatic rings. The fourth-order valence-corrected chi connectivity index (χ4v) is 2.92. The van der Waals surface area contributed by atoms with Gasteiger partial charge in [-0.05, 0) is 48.6 Å². The Kier molecular flexibility index (Phi) is 4.31. The molecule has 0 radical (unpaired) electrons. The van der Waals surface area contributed by atoms with Gasteiger partial charge in [-0.3, -0.25) is 0 Å². The highest BCUT2D eigenvalue weighted by molar-refractivity contribution is 7.80. The number of hydrogen-bond donors (Lipinski definition) is 1. The van der Waals surface area contributed by atoms with Gasteiger partial charge >= 0.3 is 0 Å². The Hall–Kier alpha value is -0.630. The molecular weight excluding hydrogens is 216 g/mol. The van der Waals surface area contributed by atoms with E-state index >= 15 is 0 Å². The summed E-state index contributed by atoms with van der Waals surface area (Å²) in [6.45, 7) is 8.77. The molecule has 0 aromatic heterocycles. The highest BCUT2D eigenvalue weighted by Gasteiger charge is 2.25. The number of methoxy groups -OCH3 is 1. The molecule has 2 heteroatoms. The van der Waals surface area contributed by atoms with Crippen LogP contribution in [0, 0.1) is 13.8 Å². The molecule has 1 aromatic carbocycles. The molecule has 16 heavy (non-hydrogen) atoms. The first-order valence-electron chi connectivity index (χ1n) is 5.69. The molecule has 0 N–H and O–H groups in total. The van der Waals surface area contributed by atoms with Crippen LogP contribution in [0.2, 0.25) is 0 Å². The topological polar surface area (TPSA) is 9.23 Å². The molecule has 1 rings (SSSR count). The van der Waals surface area contributed by atoms with E-state index in [9.17, 15) is 0 Å². The van der Waals surface area contributed by atoms with Gasteiger partial charge in [0.1, 0.15) is 5.75 Å². The second-order valence-electron chi connectivity index (χ2n) is 5.02. The molecule has 0 saturated carbocycles. The van der Waals surface area contributed by atoms with Gasteiger partial charge in [-0.25, -0.2) is 0 Å². The summed E-state index contributed by atoms with van der Waals surface area (Å²) >= 11 is 4.34. The number of thiol groups is 1. The summed E-state index contributed by atoms with van der Waals surface area (Å²) < 4.78 is 5.51. The molecule has 1 aromatic rings. The van der Waals surface area contributed by atoms with Gasteiger partial charge in [0, 0.05) is 5.56 Å². The van der Waals surface area contributed by atoms with Crippen LogP contribution in [0.3, 0.4) is 0 Å². The fourth-order valence-electron chi connectivity index (χ4n) is 2.36. The van der Waals surface area contributed by atoms with E-state index in [1.54, 1.807) is 7.11 Å². The van der Waals surface area contributed by atoms with Gasteiger partial charge in [-0.1, -0.05) is 19.9 Å². The maximum atomic E-state index is 5.51. The Balaban J connectivity index is 3.31. The molecule has 0 aliphatic carbocycles. The van der Waals surface area contributed by atoms with Crippen LogP contribution in [0.4, 0.5) is 0 Å². The zero-order chi connectivity index (χ0) is 12.3. The summed E-state index contributed by atoms with van der Waals surface area (Å²) in [5.41, 5.74) is 3.99. The van der Waals surface area contributed by atoms with E-state index in [4.69, 9.17) is 4.74 Å². The minimum atomic E-state index is 0.116. The van der Waals surface area contributed by atoms with E-state index < -0.39 is 0 Å². The van der Waals surface area contributed by atoms with Crippen LogP contribution in [0.1, 0.15) is 37.0 Å². The Morgan fingerprint density at radius 3 is 2.38 bits per heavy atom. The predicted octanol–water partition coefficient (Wildman–Crippen LogP) is 3.91. The summed E-state index contributed by atoms with van der Waals surface area (Å²) in [5.74, 6) is 1.90. The maximum absolute atomic E-state index is 5.51.